The summed E-state index contributed by atoms with van der Waals surface area (Å²) in [7, 11) is 0. The van der Waals surface area contributed by atoms with Crippen molar-refractivity contribution < 1.29 is 4.74 Å². The second-order valence-corrected chi connectivity index (χ2v) is 5.26. The van der Waals surface area contributed by atoms with Gasteiger partial charge >= 0.3 is 0 Å². The van der Waals surface area contributed by atoms with Crippen molar-refractivity contribution in [1.82, 2.24) is 19.5 Å². The monoisotopic (exact) mass is 280 g/mol. The predicted molar refractivity (Wildman–Crippen MR) is 79.3 cm³/mol. The third kappa shape index (κ3) is 2.29. The molecule has 0 aliphatic carbocycles. The second-order valence-electron chi connectivity index (χ2n) is 5.26. The van der Waals surface area contributed by atoms with Gasteiger partial charge in [0, 0.05) is 25.4 Å². The van der Waals surface area contributed by atoms with Gasteiger partial charge in [0.1, 0.15) is 11.3 Å². The molecule has 1 atom stereocenters. The van der Waals surface area contributed by atoms with Crippen LogP contribution in [0.25, 0.3) is 16.9 Å². The molecule has 1 unspecified atom stereocenters. The van der Waals surface area contributed by atoms with E-state index in [0.29, 0.717) is 0 Å². The molecule has 1 saturated heterocycles. The SMILES string of the molecule is c1cncc(-n2c(CC3CCCO3)nc3cccnc32)c1. The largest absolute Gasteiger partial charge is 0.378 e. The molecule has 0 radical (unpaired) electrons. The molecule has 1 aliphatic rings. The standard InChI is InChI=1S/C16H16N4O/c1-4-12(11-17-7-1)20-15(10-13-5-3-9-21-13)19-14-6-2-8-18-16(14)20/h1-2,4,6-8,11,13H,3,5,9-10H2. The molecular weight excluding hydrogens is 264 g/mol. The highest BCUT2D eigenvalue weighted by atomic mass is 16.5. The lowest BCUT2D eigenvalue weighted by Crippen LogP contribution is -2.13. The van der Waals surface area contributed by atoms with Crippen LogP contribution < -0.4 is 0 Å². The Morgan fingerprint density at radius 3 is 3.00 bits per heavy atom. The van der Waals surface area contributed by atoms with Crippen LogP contribution in [0.3, 0.4) is 0 Å². The van der Waals surface area contributed by atoms with Gasteiger partial charge in [-0.3, -0.25) is 9.55 Å². The van der Waals surface area contributed by atoms with Crippen LogP contribution >= 0.6 is 0 Å². The average molecular weight is 280 g/mol. The summed E-state index contributed by atoms with van der Waals surface area (Å²) in [6.07, 6.45) is 8.72. The summed E-state index contributed by atoms with van der Waals surface area (Å²) < 4.78 is 7.84. The molecule has 5 heteroatoms. The number of imidazole rings is 1. The minimum absolute atomic E-state index is 0.261. The number of aromatic nitrogens is 4. The molecule has 4 rings (SSSR count). The molecule has 3 aromatic heterocycles. The van der Waals surface area contributed by atoms with Crippen LogP contribution in [0.15, 0.2) is 42.9 Å². The van der Waals surface area contributed by atoms with Crippen LogP contribution in [0, 0.1) is 0 Å². The Morgan fingerprint density at radius 1 is 1.24 bits per heavy atom. The maximum atomic E-state index is 5.75. The summed E-state index contributed by atoms with van der Waals surface area (Å²) >= 11 is 0. The van der Waals surface area contributed by atoms with E-state index < -0.39 is 0 Å². The number of hydrogen-bond acceptors (Lipinski definition) is 4. The van der Waals surface area contributed by atoms with Crippen LogP contribution in [-0.2, 0) is 11.2 Å². The fourth-order valence-corrected chi connectivity index (χ4v) is 2.86. The van der Waals surface area contributed by atoms with Gasteiger partial charge in [-0.2, -0.15) is 0 Å². The molecule has 3 aromatic rings. The molecule has 0 N–H and O–H groups in total. The fourth-order valence-electron chi connectivity index (χ4n) is 2.86. The van der Waals surface area contributed by atoms with Crippen molar-refractivity contribution in [2.24, 2.45) is 0 Å². The number of hydrogen-bond donors (Lipinski definition) is 0. The van der Waals surface area contributed by atoms with Crippen LogP contribution in [0.1, 0.15) is 18.7 Å². The highest BCUT2D eigenvalue weighted by Crippen LogP contribution is 2.23. The second kappa shape index (κ2) is 5.26. The van der Waals surface area contributed by atoms with E-state index in [1.807, 2.05) is 30.5 Å². The van der Waals surface area contributed by atoms with Crippen LogP contribution in [0.2, 0.25) is 0 Å². The van der Waals surface area contributed by atoms with Gasteiger partial charge in [0.25, 0.3) is 0 Å². The third-order valence-electron chi connectivity index (χ3n) is 3.82. The molecule has 106 valence electrons. The van der Waals surface area contributed by atoms with E-state index in [4.69, 9.17) is 9.72 Å². The van der Waals surface area contributed by atoms with Gasteiger partial charge in [0.05, 0.1) is 18.0 Å². The van der Waals surface area contributed by atoms with Gasteiger partial charge in [-0.25, -0.2) is 9.97 Å². The number of nitrogens with zero attached hydrogens (tertiary/aromatic N) is 4. The fraction of sp³-hybridized carbons (Fsp3) is 0.312. The minimum Gasteiger partial charge on any atom is -0.378 e. The van der Waals surface area contributed by atoms with Crippen molar-refractivity contribution in [1.29, 1.82) is 0 Å². The molecule has 1 aliphatic heterocycles. The van der Waals surface area contributed by atoms with Crippen molar-refractivity contribution in [2.45, 2.75) is 25.4 Å². The number of rotatable bonds is 3. The molecule has 5 nitrogen and oxygen atoms in total. The van der Waals surface area contributed by atoms with Crippen molar-refractivity contribution >= 4 is 11.2 Å². The first-order valence-electron chi connectivity index (χ1n) is 7.26. The number of fused-ring (bicyclic) bond motifs is 1. The molecular formula is C16H16N4O. The van der Waals surface area contributed by atoms with Gasteiger partial charge in [0.2, 0.25) is 0 Å². The van der Waals surface area contributed by atoms with E-state index >= 15 is 0 Å². The highest BCUT2D eigenvalue weighted by Gasteiger charge is 2.21. The summed E-state index contributed by atoms with van der Waals surface area (Å²) in [5.41, 5.74) is 2.78. The predicted octanol–water partition coefficient (Wildman–Crippen LogP) is 2.54. The van der Waals surface area contributed by atoms with Gasteiger partial charge < -0.3 is 4.74 Å². The summed E-state index contributed by atoms with van der Waals surface area (Å²) in [5, 5.41) is 0. The zero-order valence-electron chi connectivity index (χ0n) is 11.6. The summed E-state index contributed by atoms with van der Waals surface area (Å²) in [6.45, 7) is 0.857. The van der Waals surface area contributed by atoms with Crippen molar-refractivity contribution in [2.75, 3.05) is 6.61 Å². The Balaban J connectivity index is 1.84. The quantitative estimate of drug-likeness (QED) is 0.740. The number of ether oxygens (including phenoxy) is 1. The van der Waals surface area contributed by atoms with Crippen LogP contribution in [0.4, 0.5) is 0 Å². The molecule has 4 heterocycles. The summed E-state index contributed by atoms with van der Waals surface area (Å²) in [5.74, 6) is 0.989. The van der Waals surface area contributed by atoms with Crippen molar-refractivity contribution in [3.63, 3.8) is 0 Å². The Bertz CT molecular complexity index is 747. The Kier molecular flexibility index (Phi) is 3.12. The van der Waals surface area contributed by atoms with Crippen molar-refractivity contribution in [3.8, 4) is 5.69 Å². The van der Waals surface area contributed by atoms with Gasteiger partial charge in [-0.1, -0.05) is 0 Å². The average Bonchev–Trinajstić information content (AvgIpc) is 3.15. The maximum Gasteiger partial charge on any atom is 0.164 e. The topological polar surface area (TPSA) is 52.8 Å². The Morgan fingerprint density at radius 2 is 2.19 bits per heavy atom. The normalized spacial score (nSPS) is 18.4. The molecule has 1 fully saturated rings. The first-order chi connectivity index (χ1) is 10.4. The van der Waals surface area contributed by atoms with E-state index in [1.54, 1.807) is 12.4 Å². The molecule has 21 heavy (non-hydrogen) atoms. The lowest BCUT2D eigenvalue weighted by molar-refractivity contribution is 0.109. The first-order valence-corrected chi connectivity index (χ1v) is 7.26. The van der Waals surface area contributed by atoms with E-state index in [2.05, 4.69) is 14.5 Å². The first kappa shape index (κ1) is 12.5. The third-order valence-corrected chi connectivity index (χ3v) is 3.82. The highest BCUT2D eigenvalue weighted by molar-refractivity contribution is 5.73. The Labute approximate surface area is 122 Å². The summed E-state index contributed by atoms with van der Waals surface area (Å²) in [6, 6.07) is 7.87. The number of pyridine rings is 2. The lowest BCUT2D eigenvalue weighted by Gasteiger charge is -2.11. The smallest absolute Gasteiger partial charge is 0.164 e. The molecule has 0 aromatic carbocycles. The van der Waals surface area contributed by atoms with Gasteiger partial charge in [-0.15, -0.1) is 0 Å². The lowest BCUT2D eigenvalue weighted by atomic mass is 10.2. The summed E-state index contributed by atoms with van der Waals surface area (Å²) in [4.78, 5) is 13.4. The zero-order chi connectivity index (χ0) is 14.1. The van der Waals surface area contributed by atoms with Gasteiger partial charge in [-0.05, 0) is 37.1 Å². The molecule has 0 amide bonds. The minimum atomic E-state index is 0.261. The van der Waals surface area contributed by atoms with Crippen LogP contribution in [-0.4, -0.2) is 32.2 Å². The van der Waals surface area contributed by atoms with Crippen molar-refractivity contribution in [3.05, 3.63) is 48.7 Å². The zero-order valence-corrected chi connectivity index (χ0v) is 11.6. The van der Waals surface area contributed by atoms with Crippen LogP contribution in [0.5, 0.6) is 0 Å². The van der Waals surface area contributed by atoms with E-state index in [1.165, 1.54) is 0 Å². The molecule has 0 saturated carbocycles. The molecule has 0 bridgehead atoms. The van der Waals surface area contributed by atoms with E-state index in [0.717, 1.165) is 48.5 Å². The molecule has 0 spiro atoms. The Hall–Kier alpha value is -2.27. The van der Waals surface area contributed by atoms with Gasteiger partial charge in [0.15, 0.2) is 5.65 Å². The maximum absolute atomic E-state index is 5.75. The van der Waals surface area contributed by atoms with E-state index in [9.17, 15) is 0 Å². The van der Waals surface area contributed by atoms with E-state index in [-0.39, 0.29) is 6.10 Å².